The van der Waals surface area contributed by atoms with Crippen LogP contribution < -0.4 is 10.6 Å². The highest BCUT2D eigenvalue weighted by Crippen LogP contribution is 1.97. The maximum Gasteiger partial charge on any atom is 0.220 e. The van der Waals surface area contributed by atoms with Crippen LogP contribution in [0, 0.1) is 5.92 Å². The van der Waals surface area contributed by atoms with Crippen LogP contribution >= 0.6 is 0 Å². The molecule has 0 atom stereocenters. The van der Waals surface area contributed by atoms with Gasteiger partial charge in [0.15, 0.2) is 0 Å². The molecule has 4 heteroatoms. The number of likely N-dealkylation sites (N-methyl/N-ethyl adjacent to an activating group) is 1. The Hall–Kier alpha value is -0.610. The molecule has 0 bridgehead atoms. The van der Waals surface area contributed by atoms with Crippen LogP contribution in [-0.2, 0) is 4.79 Å². The van der Waals surface area contributed by atoms with Crippen LogP contribution in [0.3, 0.4) is 0 Å². The molecule has 0 aliphatic heterocycles. The van der Waals surface area contributed by atoms with Crippen molar-refractivity contribution < 1.29 is 4.79 Å². The highest BCUT2D eigenvalue weighted by atomic mass is 16.1. The van der Waals surface area contributed by atoms with E-state index in [1.54, 1.807) is 0 Å². The van der Waals surface area contributed by atoms with E-state index in [0.717, 1.165) is 26.2 Å². The van der Waals surface area contributed by atoms with E-state index in [-0.39, 0.29) is 5.91 Å². The van der Waals surface area contributed by atoms with Crippen molar-refractivity contribution in [3.8, 4) is 0 Å². The van der Waals surface area contributed by atoms with E-state index in [1.807, 2.05) is 0 Å². The van der Waals surface area contributed by atoms with E-state index in [4.69, 9.17) is 0 Å². The summed E-state index contributed by atoms with van der Waals surface area (Å²) in [4.78, 5) is 13.6. The van der Waals surface area contributed by atoms with Crippen molar-refractivity contribution in [1.82, 2.24) is 15.5 Å². The summed E-state index contributed by atoms with van der Waals surface area (Å²) in [6.45, 7) is 12.1. The van der Waals surface area contributed by atoms with E-state index in [9.17, 15) is 4.79 Å². The van der Waals surface area contributed by atoms with Gasteiger partial charge in [-0.2, -0.15) is 0 Å². The molecule has 0 rings (SSSR count). The molecule has 102 valence electrons. The molecule has 1 amide bonds. The second-order valence-corrected chi connectivity index (χ2v) is 5.36. The van der Waals surface area contributed by atoms with Crippen LogP contribution in [0.1, 0.15) is 34.1 Å². The molecular weight excluding hydrogens is 214 g/mol. The number of rotatable bonds is 9. The molecule has 0 aromatic rings. The Morgan fingerprint density at radius 3 is 2.24 bits per heavy atom. The molecule has 0 aromatic heterocycles. The molecule has 0 saturated carbocycles. The van der Waals surface area contributed by atoms with E-state index in [0.29, 0.717) is 18.4 Å². The lowest BCUT2D eigenvalue weighted by molar-refractivity contribution is -0.121. The minimum absolute atomic E-state index is 0.161. The molecule has 4 nitrogen and oxygen atoms in total. The third-order valence-electron chi connectivity index (χ3n) is 2.46. The first-order valence-electron chi connectivity index (χ1n) is 6.60. The van der Waals surface area contributed by atoms with Gasteiger partial charge < -0.3 is 15.5 Å². The first-order valence-corrected chi connectivity index (χ1v) is 6.60. The molecule has 0 aliphatic rings. The van der Waals surface area contributed by atoms with Crippen LogP contribution in [0.5, 0.6) is 0 Å². The van der Waals surface area contributed by atoms with Crippen LogP contribution in [0.15, 0.2) is 0 Å². The quantitative estimate of drug-likeness (QED) is 0.637. The molecule has 0 heterocycles. The van der Waals surface area contributed by atoms with Gasteiger partial charge in [0.1, 0.15) is 0 Å². The smallest absolute Gasteiger partial charge is 0.220 e. The molecule has 0 aliphatic carbocycles. The van der Waals surface area contributed by atoms with Crippen LogP contribution in [0.2, 0.25) is 0 Å². The van der Waals surface area contributed by atoms with Crippen LogP contribution in [0.4, 0.5) is 0 Å². The first-order chi connectivity index (χ1) is 7.91. The largest absolute Gasteiger partial charge is 0.355 e. The molecule has 0 fully saturated rings. The van der Waals surface area contributed by atoms with Crippen LogP contribution in [0.25, 0.3) is 0 Å². The van der Waals surface area contributed by atoms with Crippen molar-refractivity contribution in [2.24, 2.45) is 5.92 Å². The predicted molar refractivity (Wildman–Crippen MR) is 73.1 cm³/mol. The highest BCUT2D eigenvalue weighted by molar-refractivity contribution is 5.75. The summed E-state index contributed by atoms with van der Waals surface area (Å²) in [5.74, 6) is 0.594. The van der Waals surface area contributed by atoms with Crippen LogP contribution in [-0.4, -0.2) is 50.1 Å². The molecule has 2 N–H and O–H groups in total. The van der Waals surface area contributed by atoms with Crippen molar-refractivity contribution in [2.45, 2.75) is 40.2 Å². The second kappa shape index (κ2) is 9.42. The average Bonchev–Trinajstić information content (AvgIpc) is 2.15. The Balaban J connectivity index is 3.44. The van der Waals surface area contributed by atoms with Crippen molar-refractivity contribution in [1.29, 1.82) is 0 Å². The van der Waals surface area contributed by atoms with Gasteiger partial charge in [0.05, 0.1) is 0 Å². The fourth-order valence-electron chi connectivity index (χ4n) is 1.49. The Kier molecular flexibility index (Phi) is 9.09. The van der Waals surface area contributed by atoms with Crippen molar-refractivity contribution >= 4 is 5.91 Å². The van der Waals surface area contributed by atoms with Crippen molar-refractivity contribution in [3.63, 3.8) is 0 Å². The minimum atomic E-state index is 0.161. The summed E-state index contributed by atoms with van der Waals surface area (Å²) in [5.41, 5.74) is 0. The zero-order chi connectivity index (χ0) is 13.3. The maximum absolute atomic E-state index is 11.4. The Morgan fingerprint density at radius 2 is 1.71 bits per heavy atom. The number of nitrogens with one attached hydrogen (secondary N) is 2. The zero-order valence-corrected chi connectivity index (χ0v) is 12.0. The summed E-state index contributed by atoms with van der Waals surface area (Å²) in [6.07, 6.45) is 0.624. The number of carbonyl (C=O) groups excluding carboxylic acids is 1. The summed E-state index contributed by atoms with van der Waals surface area (Å²) in [7, 11) is 2.08. The highest BCUT2D eigenvalue weighted by Gasteiger charge is 2.04. The molecule has 0 aromatic carbocycles. The van der Waals surface area contributed by atoms with Gasteiger partial charge in [0, 0.05) is 38.6 Å². The fraction of sp³-hybridized carbons (Fsp3) is 0.923. The summed E-state index contributed by atoms with van der Waals surface area (Å²) in [6, 6.07) is 0.536. The van der Waals surface area contributed by atoms with Crippen molar-refractivity contribution in [2.75, 3.05) is 33.2 Å². The molecule has 0 spiro atoms. The van der Waals surface area contributed by atoms with E-state index in [2.05, 4.69) is 50.3 Å². The SMILES string of the molecule is CC(C)CC(=O)NCCN(C)CCNC(C)C. The molecule has 0 radical (unpaired) electrons. The number of amides is 1. The lowest BCUT2D eigenvalue weighted by Gasteiger charge is -2.18. The summed E-state index contributed by atoms with van der Waals surface area (Å²) < 4.78 is 0. The third-order valence-corrected chi connectivity index (χ3v) is 2.46. The Bertz CT molecular complexity index is 205. The van der Waals surface area contributed by atoms with Gasteiger partial charge in [0.25, 0.3) is 0 Å². The van der Waals surface area contributed by atoms with E-state index < -0.39 is 0 Å². The topological polar surface area (TPSA) is 44.4 Å². The normalized spacial score (nSPS) is 11.5. The zero-order valence-electron chi connectivity index (χ0n) is 12.0. The van der Waals surface area contributed by atoms with Crippen molar-refractivity contribution in [3.05, 3.63) is 0 Å². The monoisotopic (exact) mass is 243 g/mol. The number of nitrogens with zero attached hydrogens (tertiary/aromatic N) is 1. The van der Waals surface area contributed by atoms with E-state index in [1.165, 1.54) is 0 Å². The molecule has 0 unspecified atom stereocenters. The van der Waals surface area contributed by atoms with E-state index >= 15 is 0 Å². The van der Waals surface area contributed by atoms with Gasteiger partial charge in [-0.25, -0.2) is 0 Å². The third kappa shape index (κ3) is 11.6. The maximum atomic E-state index is 11.4. The van der Waals surface area contributed by atoms with Gasteiger partial charge in [-0.05, 0) is 13.0 Å². The Morgan fingerprint density at radius 1 is 1.12 bits per heavy atom. The Labute approximate surface area is 106 Å². The summed E-state index contributed by atoms with van der Waals surface area (Å²) >= 11 is 0. The van der Waals surface area contributed by atoms with Gasteiger partial charge in [-0.3, -0.25) is 4.79 Å². The number of carbonyl (C=O) groups is 1. The van der Waals surface area contributed by atoms with Gasteiger partial charge in [-0.15, -0.1) is 0 Å². The fourth-order valence-corrected chi connectivity index (χ4v) is 1.49. The number of hydrogen-bond acceptors (Lipinski definition) is 3. The molecule has 0 saturated heterocycles. The lowest BCUT2D eigenvalue weighted by atomic mass is 10.1. The first kappa shape index (κ1) is 16.4. The van der Waals surface area contributed by atoms with Gasteiger partial charge >= 0.3 is 0 Å². The summed E-state index contributed by atoms with van der Waals surface area (Å²) in [5, 5.41) is 6.32. The standard InChI is InChI=1S/C13H29N3O/c1-11(2)10-13(17)15-7-9-16(5)8-6-14-12(3)4/h11-12,14H,6-10H2,1-5H3,(H,15,17). The molecule has 17 heavy (non-hydrogen) atoms. The predicted octanol–water partition coefficient (Wildman–Crippen LogP) is 1.08. The lowest BCUT2D eigenvalue weighted by Crippen LogP contribution is -2.37. The second-order valence-electron chi connectivity index (χ2n) is 5.36. The average molecular weight is 243 g/mol. The van der Waals surface area contributed by atoms with Gasteiger partial charge in [0.2, 0.25) is 5.91 Å². The number of hydrogen-bond donors (Lipinski definition) is 2. The molecular formula is C13H29N3O. The van der Waals surface area contributed by atoms with Gasteiger partial charge in [-0.1, -0.05) is 27.7 Å². The minimum Gasteiger partial charge on any atom is -0.355 e.